The molecule has 4 rings (SSSR count). The maximum absolute atomic E-state index is 12.4. The monoisotopic (exact) mass is 451 g/mol. The lowest BCUT2D eigenvalue weighted by Crippen LogP contribution is -2.24. The number of fused-ring (bicyclic) bond motifs is 2. The third-order valence-corrected chi connectivity index (χ3v) is 6.10. The number of carbonyl (C=O) groups is 1. The molecule has 0 spiro atoms. The van der Waals surface area contributed by atoms with Crippen LogP contribution in [-0.4, -0.2) is 35.4 Å². The van der Waals surface area contributed by atoms with Gasteiger partial charge in [0, 0.05) is 32.3 Å². The van der Waals surface area contributed by atoms with E-state index in [-0.39, 0.29) is 5.91 Å². The molecule has 2 N–H and O–H groups in total. The van der Waals surface area contributed by atoms with Crippen molar-refractivity contribution in [2.24, 2.45) is 0 Å². The molecular formula is C24H26BrN3O. The summed E-state index contributed by atoms with van der Waals surface area (Å²) >= 11 is 3.50. The van der Waals surface area contributed by atoms with Gasteiger partial charge < -0.3 is 15.2 Å². The summed E-state index contributed by atoms with van der Waals surface area (Å²) in [7, 11) is 0. The lowest BCUT2D eigenvalue weighted by molar-refractivity contribution is -0.110. The molecule has 4 nitrogen and oxygen atoms in total. The Kier molecular flexibility index (Phi) is 5.88. The molecule has 5 heteroatoms. The lowest BCUT2D eigenvalue weighted by atomic mass is 10.1. The Morgan fingerprint density at radius 1 is 1.07 bits per heavy atom. The van der Waals surface area contributed by atoms with Crippen LogP contribution in [0.5, 0.6) is 0 Å². The van der Waals surface area contributed by atoms with E-state index in [1.165, 1.54) is 17.4 Å². The summed E-state index contributed by atoms with van der Waals surface area (Å²) in [4.78, 5) is 18.3. The lowest BCUT2D eigenvalue weighted by Gasteiger charge is -2.17. The van der Waals surface area contributed by atoms with Crippen LogP contribution in [0.15, 0.2) is 46.9 Å². The quantitative estimate of drug-likeness (QED) is 0.452. The third-order valence-electron chi connectivity index (χ3n) is 5.60. The van der Waals surface area contributed by atoms with Gasteiger partial charge in [0.15, 0.2) is 0 Å². The Morgan fingerprint density at radius 3 is 2.69 bits per heavy atom. The van der Waals surface area contributed by atoms with E-state index >= 15 is 0 Å². The van der Waals surface area contributed by atoms with Gasteiger partial charge >= 0.3 is 0 Å². The molecule has 29 heavy (non-hydrogen) atoms. The smallest absolute Gasteiger partial charge is 0.256 e. The normalized spacial score (nSPS) is 14.8. The van der Waals surface area contributed by atoms with E-state index in [2.05, 4.69) is 69.2 Å². The molecule has 0 fully saturated rings. The van der Waals surface area contributed by atoms with Crippen LogP contribution in [0.2, 0.25) is 0 Å². The number of benzene rings is 2. The summed E-state index contributed by atoms with van der Waals surface area (Å²) in [5.74, 6) is -0.0613. The fraction of sp³-hybridized carbons (Fsp3) is 0.292. The molecule has 0 radical (unpaired) electrons. The Bertz CT molecular complexity index is 1080. The topological polar surface area (TPSA) is 48.1 Å². The zero-order valence-corrected chi connectivity index (χ0v) is 18.5. The van der Waals surface area contributed by atoms with Gasteiger partial charge in [0.1, 0.15) is 0 Å². The number of carbonyl (C=O) groups excluding carboxylic acids is 1. The number of rotatable bonds is 7. The van der Waals surface area contributed by atoms with Gasteiger partial charge in [-0.1, -0.05) is 35.8 Å². The Balaban J connectivity index is 1.55. The van der Waals surface area contributed by atoms with Crippen molar-refractivity contribution in [2.45, 2.75) is 26.7 Å². The summed E-state index contributed by atoms with van der Waals surface area (Å²) in [6.45, 7) is 7.79. The molecular weight excluding hydrogens is 426 g/mol. The van der Waals surface area contributed by atoms with Gasteiger partial charge in [0.05, 0.1) is 5.57 Å². The average Bonchev–Trinajstić information content (AvgIpc) is 3.25. The molecule has 150 valence electrons. The van der Waals surface area contributed by atoms with Crippen LogP contribution >= 0.6 is 15.9 Å². The highest BCUT2D eigenvalue weighted by atomic mass is 79.9. The number of nitrogens with one attached hydrogen (secondary N) is 2. The highest BCUT2D eigenvalue weighted by Crippen LogP contribution is 2.35. The van der Waals surface area contributed by atoms with Gasteiger partial charge in [-0.05, 0) is 80.5 Å². The fourth-order valence-electron chi connectivity index (χ4n) is 3.94. The van der Waals surface area contributed by atoms with Crippen LogP contribution in [0, 0.1) is 0 Å². The number of hydrogen-bond donors (Lipinski definition) is 2. The second-order valence-electron chi connectivity index (χ2n) is 7.48. The van der Waals surface area contributed by atoms with Crippen molar-refractivity contribution in [1.82, 2.24) is 9.88 Å². The predicted octanol–water partition coefficient (Wildman–Crippen LogP) is 5.70. The van der Waals surface area contributed by atoms with Crippen molar-refractivity contribution in [3.8, 4) is 0 Å². The van der Waals surface area contributed by atoms with Crippen molar-refractivity contribution in [1.29, 1.82) is 0 Å². The molecule has 0 unspecified atom stereocenters. The zero-order chi connectivity index (χ0) is 20.4. The minimum atomic E-state index is -0.0613. The molecule has 0 saturated heterocycles. The number of anilines is 1. The largest absolute Gasteiger partial charge is 0.355 e. The summed E-state index contributed by atoms with van der Waals surface area (Å²) in [6.07, 6.45) is 4.19. The minimum Gasteiger partial charge on any atom is -0.355 e. The predicted molar refractivity (Wildman–Crippen MR) is 125 cm³/mol. The molecule has 3 aromatic rings. The van der Waals surface area contributed by atoms with E-state index in [0.29, 0.717) is 5.57 Å². The first-order valence-corrected chi connectivity index (χ1v) is 11.0. The Labute approximate surface area is 180 Å². The summed E-state index contributed by atoms with van der Waals surface area (Å²) in [6, 6.07) is 14.6. The number of H-pyrrole nitrogens is 1. The minimum absolute atomic E-state index is 0.0613. The van der Waals surface area contributed by atoms with Gasteiger partial charge in [-0.15, -0.1) is 0 Å². The molecule has 1 aliphatic rings. The van der Waals surface area contributed by atoms with Gasteiger partial charge in [-0.2, -0.15) is 0 Å². The summed E-state index contributed by atoms with van der Waals surface area (Å²) in [5.41, 5.74) is 5.87. The van der Waals surface area contributed by atoms with Crippen LogP contribution < -0.4 is 5.32 Å². The van der Waals surface area contributed by atoms with E-state index in [4.69, 9.17) is 0 Å². The van der Waals surface area contributed by atoms with Crippen molar-refractivity contribution in [2.75, 3.05) is 25.0 Å². The molecule has 1 aromatic heterocycles. The number of aromatic amines is 1. The van der Waals surface area contributed by atoms with Crippen LogP contribution in [0.25, 0.3) is 22.6 Å². The van der Waals surface area contributed by atoms with Crippen LogP contribution in [0.4, 0.5) is 5.69 Å². The standard InChI is InChI=1S/C24H26BrN3O/c1-3-28(4-2)11-5-6-16-7-9-22-17(12-16)13-19(26-22)15-21-20-14-18(25)8-10-23(20)27-24(21)29/h7-10,12-15,26H,3-6,11H2,1-2H3,(H,27,29)/b21-15-. The number of hydrogen-bond acceptors (Lipinski definition) is 2. The maximum atomic E-state index is 12.4. The zero-order valence-electron chi connectivity index (χ0n) is 16.9. The van der Waals surface area contributed by atoms with Crippen molar-refractivity contribution in [3.05, 3.63) is 63.8 Å². The molecule has 0 aliphatic carbocycles. The van der Waals surface area contributed by atoms with E-state index < -0.39 is 0 Å². The first kappa shape index (κ1) is 19.9. The molecule has 1 amide bonds. The number of halogens is 1. The van der Waals surface area contributed by atoms with Gasteiger partial charge in [0.25, 0.3) is 5.91 Å². The first-order chi connectivity index (χ1) is 14.1. The average molecular weight is 452 g/mol. The van der Waals surface area contributed by atoms with E-state index in [9.17, 15) is 4.79 Å². The van der Waals surface area contributed by atoms with Crippen LogP contribution in [-0.2, 0) is 11.2 Å². The Morgan fingerprint density at radius 2 is 1.90 bits per heavy atom. The van der Waals surface area contributed by atoms with E-state index in [0.717, 1.165) is 53.0 Å². The second kappa shape index (κ2) is 8.56. The summed E-state index contributed by atoms with van der Waals surface area (Å²) < 4.78 is 0.963. The molecule has 2 heterocycles. The number of amides is 1. The highest BCUT2D eigenvalue weighted by Gasteiger charge is 2.24. The number of nitrogens with zero attached hydrogens (tertiary/aromatic N) is 1. The van der Waals surface area contributed by atoms with Gasteiger partial charge in [-0.3, -0.25) is 4.79 Å². The van der Waals surface area contributed by atoms with E-state index in [1.54, 1.807) is 0 Å². The molecule has 1 aliphatic heterocycles. The maximum Gasteiger partial charge on any atom is 0.256 e. The van der Waals surface area contributed by atoms with Crippen molar-refractivity contribution >= 4 is 50.1 Å². The van der Waals surface area contributed by atoms with E-state index in [1.807, 2.05) is 24.3 Å². The SMILES string of the molecule is CCN(CC)CCCc1ccc2[nH]c(/C=C3\C(=O)Nc4ccc(Br)cc43)cc2c1. The molecule has 0 saturated carbocycles. The second-order valence-corrected chi connectivity index (χ2v) is 8.39. The van der Waals surface area contributed by atoms with Crippen LogP contribution in [0.3, 0.4) is 0 Å². The van der Waals surface area contributed by atoms with Gasteiger partial charge in [-0.25, -0.2) is 0 Å². The summed E-state index contributed by atoms with van der Waals surface area (Å²) in [5, 5.41) is 4.12. The van der Waals surface area contributed by atoms with Gasteiger partial charge in [0.2, 0.25) is 0 Å². The fourth-order valence-corrected chi connectivity index (χ4v) is 4.30. The number of aromatic nitrogens is 1. The molecule has 0 bridgehead atoms. The van der Waals surface area contributed by atoms with Crippen LogP contribution in [0.1, 0.15) is 37.1 Å². The molecule has 0 atom stereocenters. The first-order valence-electron chi connectivity index (χ1n) is 10.2. The molecule has 2 aromatic carbocycles. The van der Waals surface area contributed by atoms with Crippen molar-refractivity contribution in [3.63, 3.8) is 0 Å². The number of aryl methyl sites for hydroxylation is 1. The third kappa shape index (κ3) is 4.31. The van der Waals surface area contributed by atoms with Crippen molar-refractivity contribution < 1.29 is 4.79 Å². The Hall–Kier alpha value is -2.37. The highest BCUT2D eigenvalue weighted by molar-refractivity contribution is 9.10.